The molecule has 3 atom stereocenters. The number of nitrogens with zero attached hydrogens (tertiary/aromatic N) is 5. The van der Waals surface area contributed by atoms with Crippen LogP contribution in [0.15, 0.2) is 103 Å². The molecule has 1 aliphatic rings. The quantitative estimate of drug-likeness (QED) is 0.0148. The fraction of sp³-hybridized carbons (Fsp3) is 0.403. The van der Waals surface area contributed by atoms with Crippen LogP contribution in [0.4, 0.5) is 21.0 Å². The number of nitrogens with two attached hydrogens (primary N) is 1. The second-order valence-corrected chi connectivity index (χ2v) is 22.6. The Morgan fingerprint density at radius 2 is 1.37 bits per heavy atom. The summed E-state index contributed by atoms with van der Waals surface area (Å²) in [5.74, 6) is -5.09. The van der Waals surface area contributed by atoms with Crippen molar-refractivity contribution in [2.45, 2.75) is 84.2 Å². The van der Waals surface area contributed by atoms with Crippen LogP contribution in [-0.2, 0) is 75.1 Å². The molecule has 0 fully saturated rings. The maximum Gasteiger partial charge on any atom is 0.407 e. The SMILES string of the molecule is COC(=O)c1cccc(NCc2nc(-c3cccc(C)n3)c(-c3ccc4ncc(OCCNC(=O)OCc5ccc(NC(=O)[C@H](CCCNC(N)=O)NC(=O)[C@@H](NC(=O)[C@H](CCC(=O)O)NC(=O)CCOCCOCCOCCOCCN6C(=O)C=CC6=O)C(C)C)cc5)nc4c3)[nH]2)c1. The highest BCUT2D eigenvalue weighted by Gasteiger charge is 2.32. The molecule has 0 radical (unpaired) electrons. The van der Waals surface area contributed by atoms with E-state index in [0.717, 1.165) is 16.2 Å². The van der Waals surface area contributed by atoms with Crippen molar-refractivity contribution >= 4 is 81.9 Å². The monoisotopic (exact) mass is 1370 g/mol. The van der Waals surface area contributed by atoms with Gasteiger partial charge >= 0.3 is 24.1 Å². The summed E-state index contributed by atoms with van der Waals surface area (Å²) in [5.41, 5.74) is 11.9. The summed E-state index contributed by atoms with van der Waals surface area (Å²) in [5, 5.41) is 28.4. The molecule has 0 aliphatic carbocycles. The average Bonchev–Trinajstić information content (AvgIpc) is 1.70. The van der Waals surface area contributed by atoms with Crippen molar-refractivity contribution in [2.24, 2.45) is 11.7 Å². The summed E-state index contributed by atoms with van der Waals surface area (Å²) >= 11 is 0. The number of nitrogens with one attached hydrogen (secondary N) is 8. The van der Waals surface area contributed by atoms with Gasteiger partial charge in [-0.3, -0.25) is 43.4 Å². The number of aromatic amines is 1. The molecule has 1 aliphatic heterocycles. The standard InChI is InChI=1S/C67H82N14O18/c1-41(2)59(80-63(88)51(19-22-58(85)86)75-54(82)23-27-94-30-32-96-34-35-97-33-31-95-29-26-81-56(83)20-21-57(81)84)64(89)77-50(12-7-24-69-66(68)91)62(87)74-46-16-13-43(14-17-46)40-99-67(92)70-25-28-98-55-39-72-48-18-15-44(37-52(48)76-55)60-61(49-11-5-8-42(3)73-49)79-53(78-60)38-71-47-10-6-9-45(36-47)65(90)93-4/h5-6,8-11,13-18,20-21,36-37,39,41,50-51,59,71H,7,12,19,22-35,38,40H2,1-4H3,(H,70,92)(H,74,87)(H,75,82)(H,77,89)(H,78,79)(H,80,88)(H,85,86)(H3,68,69,91)/t50-,51-,59-/m0/s1. The first-order valence-corrected chi connectivity index (χ1v) is 31.9. The number of carbonyl (C=O) groups is 10. The van der Waals surface area contributed by atoms with Crippen LogP contribution in [0.5, 0.6) is 5.88 Å². The number of H-pyrrole nitrogens is 1. The third kappa shape index (κ3) is 25.2. The van der Waals surface area contributed by atoms with Gasteiger partial charge in [0, 0.05) is 54.2 Å². The lowest BCUT2D eigenvalue weighted by atomic mass is 10.0. The molecule has 7 rings (SSSR count). The molecule has 0 bridgehead atoms. The molecular formula is C67H82N14O18. The molecule has 99 heavy (non-hydrogen) atoms. The number of rotatable bonds is 42. The first-order chi connectivity index (χ1) is 47.7. The summed E-state index contributed by atoms with van der Waals surface area (Å²) in [7, 11) is 1.33. The van der Waals surface area contributed by atoms with E-state index in [1.165, 1.54) is 25.5 Å². The van der Waals surface area contributed by atoms with Gasteiger partial charge in [-0.25, -0.2) is 29.3 Å². The number of primary amides is 1. The van der Waals surface area contributed by atoms with Crippen LogP contribution in [0.1, 0.15) is 73.4 Å². The lowest BCUT2D eigenvalue weighted by molar-refractivity contribution is -0.139. The number of alkyl carbamates (subject to hydrolysis) is 1. The Balaban J connectivity index is 0.837. The molecule has 32 heteroatoms. The minimum atomic E-state index is -1.36. The van der Waals surface area contributed by atoms with Gasteiger partial charge in [0.05, 0.1) is 114 Å². The maximum atomic E-state index is 14.0. The predicted molar refractivity (Wildman–Crippen MR) is 357 cm³/mol. The maximum absolute atomic E-state index is 14.0. The van der Waals surface area contributed by atoms with E-state index in [4.69, 9.17) is 48.9 Å². The highest BCUT2D eigenvalue weighted by Crippen LogP contribution is 2.32. The number of imidazole rings is 1. The molecule has 11 N–H and O–H groups in total. The van der Waals surface area contributed by atoms with E-state index < -0.39 is 78.2 Å². The van der Waals surface area contributed by atoms with Gasteiger partial charge in [0.25, 0.3) is 11.8 Å². The van der Waals surface area contributed by atoms with Gasteiger partial charge in [-0.05, 0) is 92.3 Å². The van der Waals surface area contributed by atoms with Crippen LogP contribution in [0.2, 0.25) is 0 Å². The highest BCUT2D eigenvalue weighted by atomic mass is 16.6. The van der Waals surface area contributed by atoms with E-state index in [-0.39, 0.29) is 129 Å². The van der Waals surface area contributed by atoms with Crippen LogP contribution in [0.25, 0.3) is 33.7 Å². The number of carboxylic acids is 1. The van der Waals surface area contributed by atoms with E-state index in [9.17, 15) is 53.1 Å². The number of pyridine rings is 1. The molecule has 0 spiro atoms. The Hall–Kier alpha value is -11.0. The molecule has 9 amide bonds. The number of ether oxygens (including phenoxy) is 7. The number of anilines is 2. The van der Waals surface area contributed by atoms with Gasteiger partial charge in [-0.15, -0.1) is 0 Å². The lowest BCUT2D eigenvalue weighted by Gasteiger charge is -2.27. The molecule has 0 saturated heterocycles. The summed E-state index contributed by atoms with van der Waals surface area (Å²) in [4.78, 5) is 149. The smallest absolute Gasteiger partial charge is 0.407 e. The zero-order valence-corrected chi connectivity index (χ0v) is 55.3. The molecular weight excluding hydrogens is 1290 g/mol. The van der Waals surface area contributed by atoms with E-state index in [1.807, 2.05) is 49.4 Å². The number of esters is 1. The molecule has 0 saturated carbocycles. The van der Waals surface area contributed by atoms with E-state index >= 15 is 0 Å². The third-order valence-electron chi connectivity index (χ3n) is 14.7. The number of carboxylic acid groups (broad SMARTS) is 1. The van der Waals surface area contributed by atoms with Crippen molar-refractivity contribution < 1.29 is 86.2 Å². The number of urea groups is 1. The Morgan fingerprint density at radius 1 is 0.677 bits per heavy atom. The number of methoxy groups -OCH3 is 1. The van der Waals surface area contributed by atoms with Crippen LogP contribution in [0, 0.1) is 12.8 Å². The normalized spacial score (nSPS) is 12.7. The van der Waals surface area contributed by atoms with E-state index in [1.54, 1.807) is 56.3 Å². The number of benzene rings is 3. The minimum absolute atomic E-state index is 0.00678. The van der Waals surface area contributed by atoms with Gasteiger partial charge in [-0.1, -0.05) is 44.2 Å². The molecule has 3 aromatic carbocycles. The summed E-state index contributed by atoms with van der Waals surface area (Å²) in [6.45, 7) is 7.04. The van der Waals surface area contributed by atoms with E-state index in [0.29, 0.717) is 63.0 Å². The van der Waals surface area contributed by atoms with Crippen LogP contribution in [0.3, 0.4) is 0 Å². The van der Waals surface area contributed by atoms with Crippen LogP contribution >= 0.6 is 0 Å². The number of hydrogen-bond donors (Lipinski definition) is 10. The Bertz CT molecular complexity index is 3770. The fourth-order valence-electron chi connectivity index (χ4n) is 9.65. The number of fused-ring (bicyclic) bond motifs is 1. The van der Waals surface area contributed by atoms with Gasteiger partial charge in [0.1, 0.15) is 42.9 Å². The van der Waals surface area contributed by atoms with Crippen LogP contribution < -0.4 is 47.7 Å². The zero-order valence-electron chi connectivity index (χ0n) is 55.3. The van der Waals surface area contributed by atoms with Gasteiger partial charge in [-0.2, -0.15) is 0 Å². The number of carbonyl (C=O) groups excluding carboxylic acids is 9. The van der Waals surface area contributed by atoms with E-state index in [2.05, 4.69) is 52.2 Å². The lowest BCUT2D eigenvalue weighted by Crippen LogP contribution is -2.58. The molecule has 0 unspecified atom stereocenters. The second kappa shape index (κ2) is 39.3. The van der Waals surface area contributed by atoms with Gasteiger partial charge in [0.15, 0.2) is 0 Å². The van der Waals surface area contributed by atoms with Crippen molar-refractivity contribution in [3.8, 4) is 28.5 Å². The Kier molecular flexibility index (Phi) is 29.9. The first kappa shape index (κ1) is 75.4. The van der Waals surface area contributed by atoms with Crippen molar-refractivity contribution in [3.05, 3.63) is 126 Å². The number of imide groups is 1. The predicted octanol–water partition coefficient (Wildman–Crippen LogP) is 3.84. The molecule has 4 heterocycles. The number of hydrogen-bond acceptors (Lipinski definition) is 22. The highest BCUT2D eigenvalue weighted by molar-refractivity contribution is 6.13. The largest absolute Gasteiger partial charge is 0.481 e. The van der Waals surface area contributed by atoms with Gasteiger partial charge in [0.2, 0.25) is 29.5 Å². The molecule has 528 valence electrons. The molecule has 6 aromatic rings. The number of aromatic nitrogens is 5. The number of aliphatic carboxylic acids is 1. The summed E-state index contributed by atoms with van der Waals surface area (Å²) in [6, 6.07) is 19.9. The van der Waals surface area contributed by atoms with Crippen molar-refractivity contribution in [1.29, 1.82) is 0 Å². The van der Waals surface area contributed by atoms with Gasteiger partial charge < -0.3 is 86.2 Å². The Morgan fingerprint density at radius 3 is 2.06 bits per heavy atom. The summed E-state index contributed by atoms with van der Waals surface area (Å²) < 4.78 is 37.9. The molecule has 3 aromatic heterocycles. The number of amides is 9. The summed E-state index contributed by atoms with van der Waals surface area (Å²) in [6.07, 6.45) is 2.34. The van der Waals surface area contributed by atoms with Crippen molar-refractivity contribution in [2.75, 3.05) is 96.8 Å². The molecule has 32 nitrogen and oxygen atoms in total. The van der Waals surface area contributed by atoms with Crippen molar-refractivity contribution in [1.82, 2.24) is 56.4 Å². The minimum Gasteiger partial charge on any atom is -0.481 e. The topological polar surface area (TPSA) is 436 Å². The zero-order chi connectivity index (χ0) is 71.1. The third-order valence-corrected chi connectivity index (χ3v) is 14.7. The average molecular weight is 1370 g/mol. The Labute approximate surface area is 569 Å². The first-order valence-electron chi connectivity index (χ1n) is 31.9. The number of aryl methyl sites for hydroxylation is 1. The second-order valence-electron chi connectivity index (χ2n) is 22.6. The fourth-order valence-corrected chi connectivity index (χ4v) is 9.65. The van der Waals surface area contributed by atoms with Crippen molar-refractivity contribution in [3.63, 3.8) is 0 Å². The van der Waals surface area contributed by atoms with Crippen LogP contribution in [-0.4, -0.2) is 199 Å².